The van der Waals surface area contributed by atoms with Crippen molar-refractivity contribution in [2.24, 2.45) is 10.9 Å². The number of thiazole rings is 1. The summed E-state index contributed by atoms with van der Waals surface area (Å²) >= 11 is 1.72. The van der Waals surface area contributed by atoms with E-state index in [0.29, 0.717) is 13.1 Å². The monoisotopic (exact) mass is 309 g/mol. The highest BCUT2D eigenvalue weighted by molar-refractivity contribution is 7.11. The first-order valence-electron chi connectivity index (χ1n) is 7.32. The molecule has 1 saturated carbocycles. The molecule has 0 spiro atoms. The van der Waals surface area contributed by atoms with E-state index in [1.54, 1.807) is 18.4 Å². The molecule has 0 radical (unpaired) electrons. The summed E-state index contributed by atoms with van der Waals surface area (Å²) in [5.41, 5.74) is 0. The Balaban J connectivity index is 1.56. The van der Waals surface area contributed by atoms with Gasteiger partial charge in [0.05, 0.1) is 5.01 Å². The Hall–Kier alpha value is -1.63. The van der Waals surface area contributed by atoms with E-state index in [1.807, 2.05) is 6.20 Å². The zero-order valence-electron chi connectivity index (χ0n) is 12.6. The van der Waals surface area contributed by atoms with Crippen LogP contribution in [0.25, 0.3) is 0 Å². The highest BCUT2D eigenvalue weighted by atomic mass is 32.1. The fourth-order valence-electron chi connectivity index (χ4n) is 1.88. The molecule has 1 aromatic heterocycles. The van der Waals surface area contributed by atoms with Crippen LogP contribution in [0.4, 0.5) is 0 Å². The van der Waals surface area contributed by atoms with E-state index in [-0.39, 0.29) is 11.8 Å². The maximum atomic E-state index is 11.5. The Bertz CT molecular complexity index is 495. The summed E-state index contributed by atoms with van der Waals surface area (Å²) in [6.45, 7) is 4.16. The minimum atomic E-state index is 0.180. The van der Waals surface area contributed by atoms with Gasteiger partial charge in [-0.1, -0.05) is 0 Å². The van der Waals surface area contributed by atoms with E-state index in [1.165, 1.54) is 4.88 Å². The van der Waals surface area contributed by atoms with Crippen molar-refractivity contribution in [2.75, 3.05) is 26.7 Å². The first-order valence-corrected chi connectivity index (χ1v) is 8.14. The van der Waals surface area contributed by atoms with Crippen LogP contribution in [-0.4, -0.2) is 43.5 Å². The first-order chi connectivity index (χ1) is 10.2. The van der Waals surface area contributed by atoms with Crippen molar-refractivity contribution in [1.29, 1.82) is 0 Å². The van der Waals surface area contributed by atoms with Gasteiger partial charge in [-0.05, 0) is 19.8 Å². The third kappa shape index (κ3) is 5.71. The summed E-state index contributed by atoms with van der Waals surface area (Å²) in [5.74, 6) is 1.20. The summed E-state index contributed by atoms with van der Waals surface area (Å²) in [5, 5.41) is 10.5. The zero-order chi connectivity index (χ0) is 15.1. The van der Waals surface area contributed by atoms with E-state index < -0.39 is 0 Å². The van der Waals surface area contributed by atoms with Crippen LogP contribution < -0.4 is 16.0 Å². The average Bonchev–Trinajstić information content (AvgIpc) is 3.25. The van der Waals surface area contributed by atoms with Crippen molar-refractivity contribution < 1.29 is 4.79 Å². The number of nitrogens with one attached hydrogen (secondary N) is 3. The van der Waals surface area contributed by atoms with Crippen molar-refractivity contribution in [3.8, 4) is 0 Å². The molecule has 0 atom stereocenters. The molecule has 1 heterocycles. The SMILES string of the molecule is CN=C(NCCNC(=O)C1CC1)NCCc1ncc(C)s1. The number of guanidine groups is 1. The lowest BCUT2D eigenvalue weighted by Crippen LogP contribution is -2.42. The van der Waals surface area contributed by atoms with Gasteiger partial charge in [-0.3, -0.25) is 9.79 Å². The largest absolute Gasteiger partial charge is 0.356 e. The van der Waals surface area contributed by atoms with Crippen molar-refractivity contribution in [3.63, 3.8) is 0 Å². The second-order valence-corrected chi connectivity index (χ2v) is 6.43. The molecule has 7 heteroatoms. The molecule has 2 rings (SSSR count). The number of carbonyl (C=O) groups is 1. The molecule has 1 aromatic rings. The molecule has 1 fully saturated rings. The second-order valence-electron chi connectivity index (χ2n) is 5.11. The van der Waals surface area contributed by atoms with Crippen LogP contribution in [0.3, 0.4) is 0 Å². The first kappa shape index (κ1) is 15.8. The van der Waals surface area contributed by atoms with Crippen LogP contribution in [0.2, 0.25) is 0 Å². The summed E-state index contributed by atoms with van der Waals surface area (Å²) in [4.78, 5) is 21.2. The summed E-state index contributed by atoms with van der Waals surface area (Å²) in [7, 11) is 1.74. The third-order valence-corrected chi connectivity index (χ3v) is 4.16. The van der Waals surface area contributed by atoms with Crippen molar-refractivity contribution in [2.45, 2.75) is 26.2 Å². The van der Waals surface area contributed by atoms with Gasteiger partial charge in [0.25, 0.3) is 0 Å². The molecule has 0 aliphatic heterocycles. The van der Waals surface area contributed by atoms with E-state index in [2.05, 4.69) is 32.9 Å². The number of aliphatic imine (C=N–C) groups is 1. The molecule has 116 valence electrons. The van der Waals surface area contributed by atoms with Gasteiger partial charge < -0.3 is 16.0 Å². The number of hydrogen-bond acceptors (Lipinski definition) is 4. The maximum absolute atomic E-state index is 11.5. The average molecular weight is 309 g/mol. The number of rotatable bonds is 7. The van der Waals surface area contributed by atoms with Gasteiger partial charge in [-0.15, -0.1) is 11.3 Å². The van der Waals surface area contributed by atoms with Crippen molar-refractivity contribution >= 4 is 23.2 Å². The summed E-state index contributed by atoms with van der Waals surface area (Å²) in [6.07, 6.45) is 4.87. The van der Waals surface area contributed by atoms with E-state index >= 15 is 0 Å². The molecular formula is C14H23N5OS. The fourth-order valence-corrected chi connectivity index (χ4v) is 2.67. The number of nitrogens with zero attached hydrogens (tertiary/aromatic N) is 2. The molecule has 0 unspecified atom stereocenters. The normalized spacial score (nSPS) is 14.9. The molecule has 0 bridgehead atoms. The van der Waals surface area contributed by atoms with E-state index in [4.69, 9.17) is 0 Å². The molecule has 1 aliphatic rings. The maximum Gasteiger partial charge on any atom is 0.223 e. The lowest BCUT2D eigenvalue weighted by molar-refractivity contribution is -0.122. The van der Waals surface area contributed by atoms with E-state index in [9.17, 15) is 4.79 Å². The molecule has 0 aromatic carbocycles. The summed E-state index contributed by atoms with van der Waals surface area (Å²) in [6, 6.07) is 0. The molecule has 6 nitrogen and oxygen atoms in total. The molecule has 1 amide bonds. The number of amides is 1. The van der Waals surface area contributed by atoms with Crippen LogP contribution >= 0.6 is 11.3 Å². The Morgan fingerprint density at radius 2 is 2.05 bits per heavy atom. The quantitative estimate of drug-likeness (QED) is 0.393. The molecule has 1 aliphatic carbocycles. The highest BCUT2D eigenvalue weighted by Gasteiger charge is 2.28. The predicted octanol–water partition coefficient (Wildman–Crippen LogP) is 0.685. The Labute approximate surface area is 129 Å². The van der Waals surface area contributed by atoms with Gasteiger partial charge in [0, 0.05) is 50.1 Å². The smallest absolute Gasteiger partial charge is 0.223 e. The van der Waals surface area contributed by atoms with Crippen molar-refractivity contribution in [3.05, 3.63) is 16.1 Å². The van der Waals surface area contributed by atoms with Crippen LogP contribution in [0.15, 0.2) is 11.2 Å². The Morgan fingerprint density at radius 1 is 1.33 bits per heavy atom. The zero-order valence-corrected chi connectivity index (χ0v) is 13.4. The van der Waals surface area contributed by atoms with Gasteiger partial charge in [0.1, 0.15) is 0 Å². The van der Waals surface area contributed by atoms with Gasteiger partial charge in [-0.2, -0.15) is 0 Å². The topological polar surface area (TPSA) is 78.4 Å². The number of hydrogen-bond donors (Lipinski definition) is 3. The minimum absolute atomic E-state index is 0.180. The molecule has 21 heavy (non-hydrogen) atoms. The lowest BCUT2D eigenvalue weighted by atomic mass is 10.4. The fraction of sp³-hybridized carbons (Fsp3) is 0.643. The third-order valence-electron chi connectivity index (χ3n) is 3.19. The number of carbonyl (C=O) groups excluding carboxylic acids is 1. The second kappa shape index (κ2) is 7.97. The minimum Gasteiger partial charge on any atom is -0.356 e. The van der Waals surface area contributed by atoms with Gasteiger partial charge in [0.2, 0.25) is 5.91 Å². The van der Waals surface area contributed by atoms with Crippen LogP contribution in [0.1, 0.15) is 22.7 Å². The Morgan fingerprint density at radius 3 is 2.67 bits per heavy atom. The number of aromatic nitrogens is 1. The van der Waals surface area contributed by atoms with Crippen LogP contribution in [-0.2, 0) is 11.2 Å². The molecular weight excluding hydrogens is 286 g/mol. The molecule has 0 saturated heterocycles. The van der Waals surface area contributed by atoms with Gasteiger partial charge >= 0.3 is 0 Å². The standard InChI is InChI=1S/C14H23N5OS/c1-10-9-19-12(21-10)5-6-17-14(15-2)18-8-7-16-13(20)11-3-4-11/h9,11H,3-8H2,1-2H3,(H,16,20)(H2,15,17,18). The molecule has 3 N–H and O–H groups in total. The van der Waals surface area contributed by atoms with Crippen LogP contribution in [0.5, 0.6) is 0 Å². The highest BCUT2D eigenvalue weighted by Crippen LogP contribution is 2.28. The lowest BCUT2D eigenvalue weighted by Gasteiger charge is -2.11. The van der Waals surface area contributed by atoms with Crippen LogP contribution in [0, 0.1) is 12.8 Å². The number of aryl methyl sites for hydroxylation is 1. The van der Waals surface area contributed by atoms with Crippen molar-refractivity contribution in [1.82, 2.24) is 20.9 Å². The van der Waals surface area contributed by atoms with E-state index in [0.717, 1.165) is 36.8 Å². The Kier molecular flexibility index (Phi) is 5.98. The van der Waals surface area contributed by atoms with Gasteiger partial charge in [0.15, 0.2) is 5.96 Å². The summed E-state index contributed by atoms with van der Waals surface area (Å²) < 4.78 is 0. The van der Waals surface area contributed by atoms with Gasteiger partial charge in [-0.25, -0.2) is 4.98 Å². The predicted molar refractivity (Wildman–Crippen MR) is 85.7 cm³/mol.